The molecule has 2 aliphatic carbocycles. The molecular formula is C18H25NO4. The minimum Gasteiger partial charge on any atom is -0.481 e. The molecule has 5 nitrogen and oxygen atoms in total. The molecule has 1 amide bonds. The third kappa shape index (κ3) is 2.28. The minimum absolute atomic E-state index is 0.0952. The number of aryl methyl sites for hydroxylation is 1. The maximum absolute atomic E-state index is 12.8. The van der Waals surface area contributed by atoms with Crippen LogP contribution in [-0.4, -0.2) is 23.0 Å². The molecule has 3 unspecified atom stereocenters. The Morgan fingerprint density at radius 2 is 2.09 bits per heavy atom. The second-order valence-electron chi connectivity index (χ2n) is 7.92. The summed E-state index contributed by atoms with van der Waals surface area (Å²) in [4.78, 5) is 23.7. The first kappa shape index (κ1) is 16.1. The van der Waals surface area contributed by atoms with E-state index in [-0.39, 0.29) is 35.0 Å². The molecule has 3 atom stereocenters. The summed E-state index contributed by atoms with van der Waals surface area (Å²) in [5, 5.41) is 12.1. The molecule has 2 fully saturated rings. The van der Waals surface area contributed by atoms with Crippen molar-refractivity contribution in [1.82, 2.24) is 5.32 Å². The van der Waals surface area contributed by atoms with Crippen LogP contribution < -0.4 is 5.32 Å². The number of furan rings is 1. The van der Waals surface area contributed by atoms with Gasteiger partial charge >= 0.3 is 5.97 Å². The average Bonchev–Trinajstić information content (AvgIpc) is 2.96. The van der Waals surface area contributed by atoms with Gasteiger partial charge in [0.15, 0.2) is 0 Å². The number of fused-ring (bicyclic) bond motifs is 2. The molecule has 0 aliphatic heterocycles. The number of amides is 1. The fourth-order valence-corrected chi connectivity index (χ4v) is 4.72. The van der Waals surface area contributed by atoms with E-state index in [4.69, 9.17) is 9.52 Å². The van der Waals surface area contributed by atoms with Gasteiger partial charge in [-0.15, -0.1) is 0 Å². The molecule has 2 N–H and O–H groups in total. The molecular weight excluding hydrogens is 294 g/mol. The van der Waals surface area contributed by atoms with E-state index in [2.05, 4.69) is 26.1 Å². The van der Waals surface area contributed by atoms with Crippen molar-refractivity contribution in [3.8, 4) is 0 Å². The predicted octanol–water partition coefficient (Wildman–Crippen LogP) is 3.16. The molecule has 1 heterocycles. The van der Waals surface area contributed by atoms with E-state index in [0.29, 0.717) is 17.0 Å². The molecule has 2 aliphatic rings. The number of rotatable bonds is 4. The molecule has 0 spiro atoms. The molecule has 126 valence electrons. The van der Waals surface area contributed by atoms with Gasteiger partial charge in [-0.3, -0.25) is 9.59 Å². The smallest absolute Gasteiger partial charge is 0.311 e. The van der Waals surface area contributed by atoms with Gasteiger partial charge in [0.25, 0.3) is 5.91 Å². The van der Waals surface area contributed by atoms with E-state index in [1.165, 1.54) is 12.7 Å². The SMILES string of the molecule is Cc1coc(CC(=O)O)c1C(=O)NC1CC2CCC1(C)C2(C)C. The van der Waals surface area contributed by atoms with Crippen molar-refractivity contribution in [2.75, 3.05) is 0 Å². The molecule has 2 saturated carbocycles. The predicted molar refractivity (Wildman–Crippen MR) is 85.3 cm³/mol. The van der Waals surface area contributed by atoms with Gasteiger partial charge in [0.2, 0.25) is 0 Å². The third-order valence-electron chi connectivity index (χ3n) is 6.69. The van der Waals surface area contributed by atoms with Crippen LogP contribution in [0.1, 0.15) is 61.7 Å². The lowest BCUT2D eigenvalue weighted by Gasteiger charge is -2.39. The molecule has 0 saturated heterocycles. The first-order valence-electron chi connectivity index (χ1n) is 8.26. The Kier molecular flexibility index (Phi) is 3.58. The molecule has 0 radical (unpaired) electrons. The largest absolute Gasteiger partial charge is 0.481 e. The van der Waals surface area contributed by atoms with Crippen LogP contribution in [0.4, 0.5) is 0 Å². The van der Waals surface area contributed by atoms with Crippen molar-refractivity contribution in [2.45, 2.75) is 59.4 Å². The van der Waals surface area contributed by atoms with Gasteiger partial charge < -0.3 is 14.8 Å². The van der Waals surface area contributed by atoms with E-state index in [1.807, 2.05) is 0 Å². The Labute approximate surface area is 136 Å². The molecule has 1 aromatic rings. The number of hydrogen-bond acceptors (Lipinski definition) is 3. The van der Waals surface area contributed by atoms with Crippen molar-refractivity contribution in [1.29, 1.82) is 0 Å². The Morgan fingerprint density at radius 1 is 1.39 bits per heavy atom. The topological polar surface area (TPSA) is 79.5 Å². The summed E-state index contributed by atoms with van der Waals surface area (Å²) < 4.78 is 5.28. The van der Waals surface area contributed by atoms with E-state index in [9.17, 15) is 9.59 Å². The van der Waals surface area contributed by atoms with Crippen LogP contribution in [0, 0.1) is 23.7 Å². The lowest BCUT2D eigenvalue weighted by atomic mass is 9.69. The van der Waals surface area contributed by atoms with Crippen molar-refractivity contribution in [3.63, 3.8) is 0 Å². The lowest BCUT2D eigenvalue weighted by molar-refractivity contribution is -0.136. The number of carbonyl (C=O) groups excluding carboxylic acids is 1. The van der Waals surface area contributed by atoms with Crippen molar-refractivity contribution < 1.29 is 19.1 Å². The standard InChI is InChI=1S/C18H25NO4/c1-10-9-23-12(8-14(20)21)15(10)16(22)19-13-7-11-5-6-18(13,4)17(11,2)3/h9,11,13H,5-8H2,1-4H3,(H,19,22)(H,20,21). The Morgan fingerprint density at radius 3 is 2.61 bits per heavy atom. The molecule has 23 heavy (non-hydrogen) atoms. The number of hydrogen-bond donors (Lipinski definition) is 2. The van der Waals surface area contributed by atoms with Crippen LogP contribution in [0.25, 0.3) is 0 Å². The monoisotopic (exact) mass is 319 g/mol. The van der Waals surface area contributed by atoms with Gasteiger partial charge in [0.1, 0.15) is 12.2 Å². The van der Waals surface area contributed by atoms with Gasteiger partial charge in [-0.1, -0.05) is 20.8 Å². The van der Waals surface area contributed by atoms with Crippen LogP contribution >= 0.6 is 0 Å². The molecule has 3 rings (SSSR count). The zero-order valence-corrected chi connectivity index (χ0v) is 14.2. The van der Waals surface area contributed by atoms with Crippen molar-refractivity contribution in [3.05, 3.63) is 23.2 Å². The fourth-order valence-electron chi connectivity index (χ4n) is 4.72. The highest BCUT2D eigenvalue weighted by Crippen LogP contribution is 2.65. The van der Waals surface area contributed by atoms with E-state index in [0.717, 1.165) is 12.8 Å². The highest BCUT2D eigenvalue weighted by atomic mass is 16.4. The average molecular weight is 319 g/mol. The number of carboxylic acid groups (broad SMARTS) is 1. The third-order valence-corrected chi connectivity index (χ3v) is 6.69. The summed E-state index contributed by atoms with van der Waals surface area (Å²) in [5.41, 5.74) is 1.39. The molecule has 1 aromatic heterocycles. The second kappa shape index (κ2) is 5.11. The van der Waals surface area contributed by atoms with Crippen molar-refractivity contribution in [2.24, 2.45) is 16.7 Å². The van der Waals surface area contributed by atoms with Crippen LogP contribution in [0.3, 0.4) is 0 Å². The number of carboxylic acids is 1. The summed E-state index contributed by atoms with van der Waals surface area (Å²) >= 11 is 0. The maximum atomic E-state index is 12.8. The van der Waals surface area contributed by atoms with E-state index < -0.39 is 5.97 Å². The number of aliphatic carboxylic acids is 1. The van der Waals surface area contributed by atoms with Gasteiger partial charge in [-0.05, 0) is 42.9 Å². The minimum atomic E-state index is -0.999. The normalized spacial score (nSPS) is 31.3. The first-order valence-corrected chi connectivity index (χ1v) is 8.26. The highest BCUT2D eigenvalue weighted by Gasteiger charge is 2.61. The molecule has 0 aromatic carbocycles. The Balaban J connectivity index is 1.82. The zero-order valence-electron chi connectivity index (χ0n) is 14.2. The molecule has 5 heteroatoms. The highest BCUT2D eigenvalue weighted by molar-refractivity contribution is 5.97. The Bertz CT molecular complexity index is 660. The fraction of sp³-hybridized carbons (Fsp3) is 0.667. The van der Waals surface area contributed by atoms with Crippen molar-refractivity contribution >= 4 is 11.9 Å². The quantitative estimate of drug-likeness (QED) is 0.893. The molecule has 2 bridgehead atoms. The van der Waals surface area contributed by atoms with E-state index >= 15 is 0 Å². The number of nitrogens with one attached hydrogen (secondary N) is 1. The van der Waals surface area contributed by atoms with Crippen LogP contribution in [0.2, 0.25) is 0 Å². The van der Waals surface area contributed by atoms with Crippen LogP contribution in [0.5, 0.6) is 0 Å². The van der Waals surface area contributed by atoms with Crippen LogP contribution in [-0.2, 0) is 11.2 Å². The summed E-state index contributed by atoms with van der Waals surface area (Å²) in [5.74, 6) is -0.328. The van der Waals surface area contributed by atoms with E-state index in [1.54, 1.807) is 6.92 Å². The maximum Gasteiger partial charge on any atom is 0.311 e. The number of carbonyl (C=O) groups is 2. The second-order valence-corrected chi connectivity index (χ2v) is 7.92. The summed E-state index contributed by atoms with van der Waals surface area (Å²) in [6, 6.07) is 0.135. The van der Waals surface area contributed by atoms with Gasteiger partial charge in [-0.25, -0.2) is 0 Å². The Hall–Kier alpha value is -1.78. The van der Waals surface area contributed by atoms with Gasteiger partial charge in [0, 0.05) is 11.6 Å². The first-order chi connectivity index (χ1) is 10.7. The lowest BCUT2D eigenvalue weighted by Crippen LogP contribution is -2.47. The summed E-state index contributed by atoms with van der Waals surface area (Å²) in [7, 11) is 0. The zero-order chi connectivity index (χ0) is 17.0. The summed E-state index contributed by atoms with van der Waals surface area (Å²) in [6.07, 6.45) is 4.54. The van der Waals surface area contributed by atoms with Gasteiger partial charge in [0.05, 0.1) is 11.8 Å². The van der Waals surface area contributed by atoms with Gasteiger partial charge in [-0.2, -0.15) is 0 Å². The summed E-state index contributed by atoms with van der Waals surface area (Å²) in [6.45, 7) is 8.65. The van der Waals surface area contributed by atoms with Crippen LogP contribution in [0.15, 0.2) is 10.7 Å².